The van der Waals surface area contributed by atoms with Gasteiger partial charge in [-0.3, -0.25) is 0 Å². The summed E-state index contributed by atoms with van der Waals surface area (Å²) in [5.74, 6) is 0. The van der Waals surface area contributed by atoms with Crippen LogP contribution in [0.25, 0.3) is 0 Å². The maximum Gasteiger partial charge on any atom is 0.0215 e. The van der Waals surface area contributed by atoms with E-state index < -0.39 is 0 Å². The Morgan fingerprint density at radius 2 is 2.30 bits per heavy atom. The first-order chi connectivity index (χ1) is 4.75. The molecule has 56 valence electrons. The topological polar surface area (TPSA) is 0 Å². The van der Waals surface area contributed by atoms with Gasteiger partial charge in [0.2, 0.25) is 0 Å². The molecule has 0 aromatic rings. The lowest BCUT2D eigenvalue weighted by molar-refractivity contribution is 0.937. The van der Waals surface area contributed by atoms with Crippen molar-refractivity contribution >= 4 is 11.6 Å². The zero-order valence-electron chi connectivity index (χ0n) is 6.58. The van der Waals surface area contributed by atoms with Gasteiger partial charge < -0.3 is 0 Å². The second kappa shape index (κ2) is 3.25. The molecule has 0 heterocycles. The monoisotopic (exact) mass is 156 g/mol. The van der Waals surface area contributed by atoms with Crippen LogP contribution in [0.1, 0.15) is 33.1 Å². The number of halogens is 1. The average molecular weight is 157 g/mol. The Labute approximate surface area is 67.6 Å². The number of rotatable bonds is 1. The summed E-state index contributed by atoms with van der Waals surface area (Å²) in [5.41, 5.74) is 2.73. The smallest absolute Gasteiger partial charge is 0.0215 e. The van der Waals surface area contributed by atoms with E-state index in [2.05, 4.69) is 19.9 Å². The van der Waals surface area contributed by atoms with Crippen molar-refractivity contribution in [3.63, 3.8) is 0 Å². The van der Waals surface area contributed by atoms with Crippen molar-refractivity contribution in [3.05, 3.63) is 22.3 Å². The molecule has 0 aliphatic heterocycles. The quantitative estimate of drug-likeness (QED) is 0.544. The summed E-state index contributed by atoms with van der Waals surface area (Å²) < 4.78 is 0. The molecule has 1 aliphatic rings. The van der Waals surface area contributed by atoms with E-state index in [0.717, 1.165) is 24.3 Å². The Hall–Kier alpha value is -0.230. The molecule has 0 unspecified atom stereocenters. The zero-order valence-corrected chi connectivity index (χ0v) is 7.33. The molecule has 0 saturated heterocycles. The molecular formula is C9H13Cl. The van der Waals surface area contributed by atoms with Gasteiger partial charge in [0.25, 0.3) is 0 Å². The summed E-state index contributed by atoms with van der Waals surface area (Å²) in [6.07, 6.45) is 5.57. The summed E-state index contributed by atoms with van der Waals surface area (Å²) in [6.45, 7) is 4.28. The molecule has 0 radical (unpaired) electrons. The molecule has 0 N–H and O–H groups in total. The molecule has 1 rings (SSSR count). The third kappa shape index (κ3) is 1.43. The summed E-state index contributed by atoms with van der Waals surface area (Å²) in [5, 5.41) is 1.05. The molecule has 0 fully saturated rings. The van der Waals surface area contributed by atoms with Crippen LogP contribution in [0.3, 0.4) is 0 Å². The van der Waals surface area contributed by atoms with Crippen LogP contribution < -0.4 is 0 Å². The van der Waals surface area contributed by atoms with Gasteiger partial charge in [0.05, 0.1) is 0 Å². The maximum absolute atomic E-state index is 5.98. The highest BCUT2D eigenvalue weighted by molar-refractivity contribution is 6.30. The molecule has 1 heteroatoms. The summed E-state index contributed by atoms with van der Waals surface area (Å²) >= 11 is 5.98. The molecule has 0 bridgehead atoms. The number of hydrogen-bond acceptors (Lipinski definition) is 0. The highest BCUT2D eigenvalue weighted by atomic mass is 35.5. The van der Waals surface area contributed by atoms with Gasteiger partial charge in [-0.05, 0) is 37.3 Å². The van der Waals surface area contributed by atoms with Gasteiger partial charge >= 0.3 is 0 Å². The molecule has 0 spiro atoms. The minimum absolute atomic E-state index is 1.04. The molecular weight excluding hydrogens is 144 g/mol. The van der Waals surface area contributed by atoms with Crippen LogP contribution in [-0.2, 0) is 0 Å². The van der Waals surface area contributed by atoms with Crippen molar-refractivity contribution in [1.29, 1.82) is 0 Å². The molecule has 0 nitrogen and oxygen atoms in total. The molecule has 0 aromatic carbocycles. The normalized spacial score (nSPS) is 19.3. The minimum Gasteiger partial charge on any atom is -0.0888 e. The molecule has 1 aliphatic carbocycles. The Kier molecular flexibility index (Phi) is 2.56. The van der Waals surface area contributed by atoms with E-state index in [1.54, 1.807) is 0 Å². The maximum atomic E-state index is 5.98. The lowest BCUT2D eigenvalue weighted by Crippen LogP contribution is -1.93. The van der Waals surface area contributed by atoms with Crippen LogP contribution in [0.2, 0.25) is 0 Å². The molecule has 0 saturated carbocycles. The van der Waals surface area contributed by atoms with Crippen molar-refractivity contribution in [2.75, 3.05) is 0 Å². The van der Waals surface area contributed by atoms with Gasteiger partial charge in [-0.25, -0.2) is 0 Å². The van der Waals surface area contributed by atoms with E-state index in [1.165, 1.54) is 11.1 Å². The van der Waals surface area contributed by atoms with E-state index in [9.17, 15) is 0 Å². The SMILES string of the molecule is CCC1=CCCC(Cl)=C1C. The highest BCUT2D eigenvalue weighted by Gasteiger charge is 2.07. The lowest BCUT2D eigenvalue weighted by Gasteiger charge is -2.13. The molecule has 0 amide bonds. The summed E-state index contributed by atoms with van der Waals surface area (Å²) in [4.78, 5) is 0. The second-order valence-electron chi connectivity index (χ2n) is 2.65. The average Bonchev–Trinajstić information content (AvgIpc) is 1.95. The Morgan fingerprint density at radius 1 is 1.60 bits per heavy atom. The van der Waals surface area contributed by atoms with E-state index in [0.29, 0.717) is 0 Å². The van der Waals surface area contributed by atoms with Crippen LogP contribution in [0.15, 0.2) is 22.3 Å². The summed E-state index contributed by atoms with van der Waals surface area (Å²) in [7, 11) is 0. The molecule has 10 heavy (non-hydrogen) atoms. The van der Waals surface area contributed by atoms with Crippen molar-refractivity contribution in [3.8, 4) is 0 Å². The predicted molar refractivity (Wildman–Crippen MR) is 46.2 cm³/mol. The van der Waals surface area contributed by atoms with E-state index >= 15 is 0 Å². The minimum atomic E-state index is 1.04. The van der Waals surface area contributed by atoms with E-state index in [4.69, 9.17) is 11.6 Å². The third-order valence-electron chi connectivity index (χ3n) is 2.02. The largest absolute Gasteiger partial charge is 0.0888 e. The van der Waals surface area contributed by atoms with Crippen LogP contribution in [-0.4, -0.2) is 0 Å². The standard InChI is InChI=1S/C9H13Cl/c1-3-8-5-4-6-9(10)7(8)2/h5H,3-4,6H2,1-2H3. The summed E-state index contributed by atoms with van der Waals surface area (Å²) in [6, 6.07) is 0. The molecule has 0 atom stereocenters. The van der Waals surface area contributed by atoms with Crippen molar-refractivity contribution in [2.45, 2.75) is 33.1 Å². The van der Waals surface area contributed by atoms with Gasteiger partial charge in [-0.1, -0.05) is 24.6 Å². The van der Waals surface area contributed by atoms with E-state index in [-0.39, 0.29) is 0 Å². The van der Waals surface area contributed by atoms with Crippen molar-refractivity contribution in [2.24, 2.45) is 0 Å². The van der Waals surface area contributed by atoms with Gasteiger partial charge in [0, 0.05) is 5.03 Å². The molecule has 0 aromatic heterocycles. The fourth-order valence-electron chi connectivity index (χ4n) is 1.30. The Bertz CT molecular complexity index is 187. The van der Waals surface area contributed by atoms with Crippen molar-refractivity contribution < 1.29 is 0 Å². The number of allylic oxidation sites excluding steroid dienone is 4. The zero-order chi connectivity index (χ0) is 7.56. The first-order valence-corrected chi connectivity index (χ1v) is 4.18. The Balaban J connectivity index is 2.83. The van der Waals surface area contributed by atoms with E-state index in [1.807, 2.05) is 0 Å². The second-order valence-corrected chi connectivity index (χ2v) is 3.11. The fourth-order valence-corrected chi connectivity index (χ4v) is 1.53. The third-order valence-corrected chi connectivity index (χ3v) is 2.50. The first kappa shape index (κ1) is 7.87. The van der Waals surface area contributed by atoms with Gasteiger partial charge in [0.15, 0.2) is 0 Å². The Morgan fingerprint density at radius 3 is 2.80 bits per heavy atom. The first-order valence-electron chi connectivity index (χ1n) is 3.80. The van der Waals surface area contributed by atoms with Crippen LogP contribution >= 0.6 is 11.6 Å². The van der Waals surface area contributed by atoms with Gasteiger partial charge in [-0.15, -0.1) is 0 Å². The highest BCUT2D eigenvalue weighted by Crippen LogP contribution is 2.28. The van der Waals surface area contributed by atoms with Crippen LogP contribution in [0, 0.1) is 0 Å². The van der Waals surface area contributed by atoms with Gasteiger partial charge in [-0.2, -0.15) is 0 Å². The van der Waals surface area contributed by atoms with Crippen LogP contribution in [0.4, 0.5) is 0 Å². The fraction of sp³-hybridized carbons (Fsp3) is 0.556. The van der Waals surface area contributed by atoms with Crippen molar-refractivity contribution in [1.82, 2.24) is 0 Å². The predicted octanol–water partition coefficient (Wildman–Crippen LogP) is 3.63. The van der Waals surface area contributed by atoms with Gasteiger partial charge in [0.1, 0.15) is 0 Å². The number of hydrogen-bond donors (Lipinski definition) is 0. The van der Waals surface area contributed by atoms with Crippen LogP contribution in [0.5, 0.6) is 0 Å². The lowest BCUT2D eigenvalue weighted by atomic mass is 9.97.